The zero-order valence-electron chi connectivity index (χ0n) is 15.5. The third-order valence-corrected chi connectivity index (χ3v) is 3.51. The zero-order chi connectivity index (χ0) is 18.8. The molecule has 0 fully saturated rings. The lowest BCUT2D eigenvalue weighted by atomic mass is 10.0. The second kappa shape index (κ2) is 10.1. The van der Waals surface area contributed by atoms with Crippen LogP contribution in [0.1, 0.15) is 42.3 Å². The summed E-state index contributed by atoms with van der Waals surface area (Å²) in [5.74, 6) is 0.824. The molecule has 0 spiro atoms. The van der Waals surface area contributed by atoms with Crippen molar-refractivity contribution >= 4 is 17.0 Å². The van der Waals surface area contributed by atoms with Crippen molar-refractivity contribution in [3.63, 3.8) is 0 Å². The van der Waals surface area contributed by atoms with Gasteiger partial charge in [-0.15, -0.1) is 0 Å². The highest BCUT2D eigenvalue weighted by Gasteiger charge is 2.06. The van der Waals surface area contributed by atoms with E-state index in [-0.39, 0.29) is 5.78 Å². The lowest BCUT2D eigenvalue weighted by Gasteiger charge is -2.04. The highest BCUT2D eigenvalue weighted by molar-refractivity contribution is 6.09. The minimum absolute atomic E-state index is 0.0347. The molecule has 2 aromatic carbocycles. The van der Waals surface area contributed by atoms with E-state index in [9.17, 15) is 4.79 Å². The average molecular weight is 337 g/mol. The molecule has 2 aromatic rings. The summed E-state index contributed by atoms with van der Waals surface area (Å²) >= 11 is 0. The SMILES string of the molecule is C/C(=C\C(=O)c1ccccc1C)c1ccc(N)cc1.C=C(C)OCC. The average Bonchev–Trinajstić information content (AvgIpc) is 2.56. The highest BCUT2D eigenvalue weighted by atomic mass is 16.5. The monoisotopic (exact) mass is 337 g/mol. The van der Waals surface area contributed by atoms with E-state index < -0.39 is 0 Å². The lowest BCUT2D eigenvalue weighted by Crippen LogP contribution is -1.98. The molecule has 2 rings (SSSR count). The molecule has 0 bridgehead atoms. The van der Waals surface area contributed by atoms with Crippen LogP contribution in [0.3, 0.4) is 0 Å². The summed E-state index contributed by atoms with van der Waals surface area (Å²) in [6.45, 7) is 11.9. The van der Waals surface area contributed by atoms with Crippen LogP contribution in [0.25, 0.3) is 5.57 Å². The molecule has 132 valence electrons. The molecule has 0 aliphatic carbocycles. The summed E-state index contributed by atoms with van der Waals surface area (Å²) in [7, 11) is 0. The van der Waals surface area contributed by atoms with Crippen LogP contribution in [-0.2, 0) is 4.74 Å². The Bertz CT molecular complexity index is 743. The first-order valence-electron chi connectivity index (χ1n) is 8.27. The maximum absolute atomic E-state index is 12.2. The largest absolute Gasteiger partial charge is 0.499 e. The zero-order valence-corrected chi connectivity index (χ0v) is 15.5. The van der Waals surface area contributed by atoms with Crippen molar-refractivity contribution in [3.05, 3.63) is 83.6 Å². The Labute approximate surface area is 150 Å². The summed E-state index contributed by atoms with van der Waals surface area (Å²) in [6.07, 6.45) is 1.67. The summed E-state index contributed by atoms with van der Waals surface area (Å²) in [6, 6.07) is 15.1. The first-order valence-corrected chi connectivity index (χ1v) is 8.27. The second-order valence-corrected chi connectivity index (χ2v) is 5.76. The van der Waals surface area contributed by atoms with Crippen LogP contribution in [0.15, 0.2) is 66.9 Å². The summed E-state index contributed by atoms with van der Waals surface area (Å²) < 4.78 is 4.85. The molecular formula is C22H27NO2. The number of ketones is 1. The number of nitrogen functional groups attached to an aromatic ring is 1. The minimum atomic E-state index is 0.0347. The fourth-order valence-corrected chi connectivity index (χ4v) is 2.20. The number of aryl methyl sites for hydroxylation is 1. The Kier molecular flexibility index (Phi) is 8.21. The Morgan fingerprint density at radius 2 is 1.72 bits per heavy atom. The quantitative estimate of drug-likeness (QED) is 0.343. The van der Waals surface area contributed by atoms with Crippen molar-refractivity contribution in [2.24, 2.45) is 0 Å². The maximum Gasteiger partial charge on any atom is 0.186 e. The van der Waals surface area contributed by atoms with Crippen molar-refractivity contribution in [3.8, 4) is 0 Å². The van der Waals surface area contributed by atoms with Gasteiger partial charge in [0.05, 0.1) is 12.4 Å². The maximum atomic E-state index is 12.2. The van der Waals surface area contributed by atoms with Gasteiger partial charge in [-0.05, 0) is 62.6 Å². The first-order chi connectivity index (χ1) is 11.8. The number of anilines is 1. The van der Waals surface area contributed by atoms with E-state index in [2.05, 4.69) is 6.58 Å². The first kappa shape index (κ1) is 20.2. The van der Waals surface area contributed by atoms with Crippen molar-refractivity contribution in [2.45, 2.75) is 27.7 Å². The van der Waals surface area contributed by atoms with Gasteiger partial charge < -0.3 is 10.5 Å². The number of benzene rings is 2. The molecule has 25 heavy (non-hydrogen) atoms. The van der Waals surface area contributed by atoms with Crippen molar-refractivity contribution in [2.75, 3.05) is 12.3 Å². The minimum Gasteiger partial charge on any atom is -0.499 e. The van der Waals surface area contributed by atoms with Gasteiger partial charge >= 0.3 is 0 Å². The van der Waals surface area contributed by atoms with Crippen molar-refractivity contribution in [1.82, 2.24) is 0 Å². The fraction of sp³-hybridized carbons (Fsp3) is 0.227. The number of hydrogen-bond donors (Lipinski definition) is 1. The standard InChI is InChI=1S/C17H17NO.C5H10O/c1-12-5-3-4-6-16(12)17(19)11-13(2)14-7-9-15(18)10-8-14;1-4-6-5(2)3/h3-11H,18H2,1-2H3;2,4H2,1,3H3/b13-11+;. The topological polar surface area (TPSA) is 52.3 Å². The van der Waals surface area contributed by atoms with Crippen molar-refractivity contribution < 1.29 is 9.53 Å². The molecule has 0 heterocycles. The van der Waals surface area contributed by atoms with Gasteiger partial charge in [-0.3, -0.25) is 4.79 Å². The van der Waals surface area contributed by atoms with Gasteiger partial charge in [-0.1, -0.05) is 43.0 Å². The van der Waals surface area contributed by atoms with Gasteiger partial charge in [0.15, 0.2) is 5.78 Å². The number of ether oxygens (including phenoxy) is 1. The van der Waals surface area contributed by atoms with Crippen LogP contribution >= 0.6 is 0 Å². The molecule has 0 saturated carbocycles. The summed E-state index contributed by atoms with van der Waals surface area (Å²) in [5, 5.41) is 0. The fourth-order valence-electron chi connectivity index (χ4n) is 2.20. The predicted octanol–water partition coefficient (Wildman–Crippen LogP) is 5.42. The van der Waals surface area contributed by atoms with E-state index in [1.165, 1.54) is 0 Å². The smallest absolute Gasteiger partial charge is 0.186 e. The van der Waals surface area contributed by atoms with E-state index in [0.29, 0.717) is 0 Å². The van der Waals surface area contributed by atoms with E-state index in [1.807, 2.05) is 76.2 Å². The Balaban J connectivity index is 0.000000450. The number of carbonyl (C=O) groups is 1. The molecule has 0 atom stereocenters. The number of hydrogen-bond acceptors (Lipinski definition) is 3. The van der Waals surface area contributed by atoms with Crippen LogP contribution < -0.4 is 5.73 Å². The van der Waals surface area contributed by atoms with E-state index in [1.54, 1.807) is 6.08 Å². The Hall–Kier alpha value is -2.81. The van der Waals surface area contributed by atoms with Gasteiger partial charge in [0.2, 0.25) is 0 Å². The summed E-state index contributed by atoms with van der Waals surface area (Å²) in [4.78, 5) is 12.2. The van der Waals surface area contributed by atoms with Crippen LogP contribution in [0, 0.1) is 6.92 Å². The number of allylic oxidation sites excluding steroid dienone is 3. The van der Waals surface area contributed by atoms with Crippen LogP contribution in [0.4, 0.5) is 5.69 Å². The molecule has 0 unspecified atom stereocenters. The van der Waals surface area contributed by atoms with Gasteiger partial charge in [-0.2, -0.15) is 0 Å². The lowest BCUT2D eigenvalue weighted by molar-refractivity contribution is 0.104. The molecule has 3 heteroatoms. The number of rotatable bonds is 5. The number of carbonyl (C=O) groups excluding carboxylic acids is 1. The third kappa shape index (κ3) is 7.08. The Morgan fingerprint density at radius 1 is 1.12 bits per heavy atom. The van der Waals surface area contributed by atoms with E-state index in [0.717, 1.165) is 40.3 Å². The molecule has 0 amide bonds. The van der Waals surface area contributed by atoms with Crippen molar-refractivity contribution in [1.29, 1.82) is 0 Å². The third-order valence-electron chi connectivity index (χ3n) is 3.51. The van der Waals surface area contributed by atoms with Crippen LogP contribution in [-0.4, -0.2) is 12.4 Å². The normalized spacial score (nSPS) is 10.5. The van der Waals surface area contributed by atoms with Gasteiger partial charge in [0.25, 0.3) is 0 Å². The van der Waals surface area contributed by atoms with E-state index >= 15 is 0 Å². The molecule has 2 N–H and O–H groups in total. The molecular weight excluding hydrogens is 310 g/mol. The van der Waals surface area contributed by atoms with Gasteiger partial charge in [-0.25, -0.2) is 0 Å². The summed E-state index contributed by atoms with van der Waals surface area (Å²) in [5.41, 5.74) is 10.1. The van der Waals surface area contributed by atoms with Crippen LogP contribution in [0.2, 0.25) is 0 Å². The van der Waals surface area contributed by atoms with E-state index in [4.69, 9.17) is 10.5 Å². The molecule has 0 aromatic heterocycles. The predicted molar refractivity (Wildman–Crippen MR) is 106 cm³/mol. The van der Waals surface area contributed by atoms with Crippen LogP contribution in [0.5, 0.6) is 0 Å². The molecule has 0 aliphatic rings. The second-order valence-electron chi connectivity index (χ2n) is 5.76. The molecule has 3 nitrogen and oxygen atoms in total. The highest BCUT2D eigenvalue weighted by Crippen LogP contribution is 2.17. The molecule has 0 saturated heterocycles. The van der Waals surface area contributed by atoms with Gasteiger partial charge in [0, 0.05) is 11.3 Å². The molecule has 0 aliphatic heterocycles. The Morgan fingerprint density at radius 3 is 2.20 bits per heavy atom. The van der Waals surface area contributed by atoms with Gasteiger partial charge in [0.1, 0.15) is 0 Å². The molecule has 0 radical (unpaired) electrons. The number of nitrogens with two attached hydrogens (primary N) is 1.